The minimum Gasteiger partial charge on any atom is -0.478 e. The number of aldehydes is 1. The summed E-state index contributed by atoms with van der Waals surface area (Å²) in [6.45, 7) is 13.7. The van der Waals surface area contributed by atoms with E-state index in [-0.39, 0.29) is 6.10 Å². The third kappa shape index (κ3) is 6.50. The first kappa shape index (κ1) is 27.3. The van der Waals surface area contributed by atoms with Gasteiger partial charge in [-0.3, -0.25) is 9.69 Å². The summed E-state index contributed by atoms with van der Waals surface area (Å²) < 4.78 is 5.96. The van der Waals surface area contributed by atoms with Crippen LogP contribution in [0.25, 0.3) is 11.0 Å². The minimum absolute atomic E-state index is 0.00793. The highest BCUT2D eigenvalue weighted by molar-refractivity contribution is 5.99. The van der Waals surface area contributed by atoms with Crippen molar-refractivity contribution in [2.24, 2.45) is 5.92 Å². The van der Waals surface area contributed by atoms with Crippen LogP contribution in [0.1, 0.15) is 61.5 Å². The molecule has 2 unspecified atom stereocenters. The number of hydrogen-bond acceptors (Lipinski definition) is 7. The van der Waals surface area contributed by atoms with Crippen molar-refractivity contribution >= 4 is 34.9 Å². The summed E-state index contributed by atoms with van der Waals surface area (Å²) in [5.41, 5.74) is 4.57. The predicted octanol–water partition coefficient (Wildman–Crippen LogP) is 3.41. The number of imidazole rings is 1. The number of likely N-dealkylation sites (N-methyl/N-ethyl adjacent to an activating group) is 1. The van der Waals surface area contributed by atoms with Gasteiger partial charge in [-0.05, 0) is 50.8 Å². The van der Waals surface area contributed by atoms with Gasteiger partial charge in [-0.25, -0.2) is 14.6 Å². The van der Waals surface area contributed by atoms with Gasteiger partial charge in [0.1, 0.15) is 11.9 Å². The summed E-state index contributed by atoms with van der Waals surface area (Å²) in [4.78, 5) is 44.3. The molecule has 2 aromatic rings. The maximum atomic E-state index is 12.0. The smallest absolute Gasteiger partial charge is 0.328 e. The molecule has 3 heterocycles. The zero-order chi connectivity index (χ0) is 26.4. The van der Waals surface area contributed by atoms with E-state index in [2.05, 4.69) is 41.6 Å². The molecule has 1 aromatic carbocycles. The molecular formula is C26H36N4O6. The van der Waals surface area contributed by atoms with Crippen molar-refractivity contribution in [3.63, 3.8) is 0 Å². The van der Waals surface area contributed by atoms with Crippen molar-refractivity contribution < 1.29 is 29.3 Å². The van der Waals surface area contributed by atoms with Crippen LogP contribution in [-0.4, -0.2) is 82.1 Å². The molecule has 10 heteroatoms. The van der Waals surface area contributed by atoms with E-state index in [0.717, 1.165) is 80.0 Å². The second kappa shape index (κ2) is 12.1. The van der Waals surface area contributed by atoms with E-state index < -0.39 is 11.9 Å². The van der Waals surface area contributed by atoms with Crippen LogP contribution < -0.4 is 4.90 Å². The number of carbonyl (C=O) groups is 3. The van der Waals surface area contributed by atoms with Gasteiger partial charge in [-0.2, -0.15) is 0 Å². The maximum absolute atomic E-state index is 12.0. The van der Waals surface area contributed by atoms with Crippen LogP contribution >= 0.6 is 0 Å². The summed E-state index contributed by atoms with van der Waals surface area (Å²) in [5.74, 6) is -1.03. The first-order valence-corrected chi connectivity index (χ1v) is 12.4. The van der Waals surface area contributed by atoms with Crippen LogP contribution in [-0.2, 0) is 14.3 Å². The van der Waals surface area contributed by atoms with E-state index in [0.29, 0.717) is 29.7 Å². The molecule has 2 aliphatic rings. The molecule has 2 aliphatic heterocycles. The lowest BCUT2D eigenvalue weighted by atomic mass is 9.97. The summed E-state index contributed by atoms with van der Waals surface area (Å²) >= 11 is 0. The third-order valence-corrected chi connectivity index (χ3v) is 6.88. The number of carboxylic acids is 2. The Balaban J connectivity index is 0.000000392. The summed E-state index contributed by atoms with van der Waals surface area (Å²) in [6.07, 6.45) is 4.14. The number of piperazine rings is 1. The molecule has 0 amide bonds. The van der Waals surface area contributed by atoms with Crippen LogP contribution in [0.2, 0.25) is 0 Å². The highest BCUT2D eigenvalue weighted by Gasteiger charge is 2.28. The molecule has 10 nitrogen and oxygen atoms in total. The van der Waals surface area contributed by atoms with Gasteiger partial charge < -0.3 is 24.8 Å². The molecule has 2 fully saturated rings. The van der Waals surface area contributed by atoms with Gasteiger partial charge in [0.15, 0.2) is 6.29 Å². The van der Waals surface area contributed by atoms with Gasteiger partial charge >= 0.3 is 11.9 Å². The lowest BCUT2D eigenvalue weighted by Crippen LogP contribution is -2.52. The van der Waals surface area contributed by atoms with Gasteiger partial charge in [-0.15, -0.1) is 0 Å². The van der Waals surface area contributed by atoms with Gasteiger partial charge in [0.2, 0.25) is 0 Å². The highest BCUT2D eigenvalue weighted by atomic mass is 16.5. The van der Waals surface area contributed by atoms with Crippen molar-refractivity contribution in [1.29, 1.82) is 0 Å². The van der Waals surface area contributed by atoms with E-state index >= 15 is 0 Å². The molecule has 3 atom stereocenters. The Morgan fingerprint density at radius 2 is 1.92 bits per heavy atom. The van der Waals surface area contributed by atoms with E-state index in [1.807, 2.05) is 6.92 Å². The number of rotatable bonds is 6. The standard InChI is InChI=1S/C22H32N4O2.C4H4O4/c1-5-25-7-8-26(15(3)12-25)19-11-18-21(17(13-27)16(19)4)24-22(23-18)20-10-14(2)6-9-28-20;5-3(6)1-2-4(7)8/h11,13-15,20H,5-10,12H2,1-4H3,(H,23,24);1-2H,(H,5,6)(H,7,8)/b;2-1+/t14?,15-,20?;/m1./s1. The topological polar surface area (TPSA) is 136 Å². The summed E-state index contributed by atoms with van der Waals surface area (Å²) in [7, 11) is 0. The number of aliphatic carboxylic acids is 2. The number of fused-ring (bicyclic) bond motifs is 1. The highest BCUT2D eigenvalue weighted by Crippen LogP contribution is 2.35. The first-order chi connectivity index (χ1) is 17.1. The van der Waals surface area contributed by atoms with Crippen LogP contribution in [0.4, 0.5) is 5.69 Å². The number of carboxylic acid groups (broad SMARTS) is 2. The fraction of sp³-hybridized carbons (Fsp3) is 0.538. The average Bonchev–Trinajstić information content (AvgIpc) is 3.27. The molecule has 0 aliphatic carbocycles. The molecule has 3 N–H and O–H groups in total. The zero-order valence-electron chi connectivity index (χ0n) is 21.4. The molecule has 0 spiro atoms. The van der Waals surface area contributed by atoms with Crippen LogP contribution in [0.5, 0.6) is 0 Å². The van der Waals surface area contributed by atoms with Crippen molar-refractivity contribution in [2.45, 2.75) is 52.7 Å². The van der Waals surface area contributed by atoms with Crippen molar-refractivity contribution in [3.8, 4) is 0 Å². The summed E-state index contributed by atoms with van der Waals surface area (Å²) in [6, 6.07) is 2.59. The number of aromatic amines is 1. The minimum atomic E-state index is -1.26. The van der Waals surface area contributed by atoms with Gasteiger partial charge in [0.05, 0.1) is 11.0 Å². The maximum Gasteiger partial charge on any atom is 0.328 e. The molecule has 0 radical (unpaired) electrons. The second-order valence-corrected chi connectivity index (χ2v) is 9.50. The molecule has 36 heavy (non-hydrogen) atoms. The molecule has 196 valence electrons. The number of nitrogens with one attached hydrogen (secondary N) is 1. The molecule has 4 rings (SSSR count). The number of benzene rings is 1. The number of ether oxygens (including phenoxy) is 1. The Morgan fingerprint density at radius 1 is 1.22 bits per heavy atom. The SMILES string of the molecule is CCN1CCN(c2cc3[nH]c(C4CC(C)CCO4)nc3c(C=O)c2C)[C@H](C)C1.O=C(O)/C=C/C(=O)O. The lowest BCUT2D eigenvalue weighted by molar-refractivity contribution is -0.134. The van der Waals surface area contributed by atoms with Gasteiger partial charge in [0, 0.05) is 55.7 Å². The second-order valence-electron chi connectivity index (χ2n) is 9.50. The molecule has 0 bridgehead atoms. The van der Waals surface area contributed by atoms with E-state index in [4.69, 9.17) is 19.9 Å². The van der Waals surface area contributed by atoms with Crippen molar-refractivity contribution in [1.82, 2.24) is 14.9 Å². The Bertz CT molecular complexity index is 1110. The number of anilines is 1. The fourth-order valence-electron chi connectivity index (χ4n) is 4.85. The van der Waals surface area contributed by atoms with Crippen LogP contribution in [0, 0.1) is 12.8 Å². The number of nitrogens with zero attached hydrogens (tertiary/aromatic N) is 3. The van der Waals surface area contributed by atoms with Crippen molar-refractivity contribution in [3.05, 3.63) is 35.2 Å². The number of H-pyrrole nitrogens is 1. The first-order valence-electron chi connectivity index (χ1n) is 12.4. The third-order valence-electron chi connectivity index (χ3n) is 6.88. The number of aromatic nitrogens is 2. The van der Waals surface area contributed by atoms with E-state index in [1.165, 1.54) is 0 Å². The summed E-state index contributed by atoms with van der Waals surface area (Å²) in [5, 5.41) is 15.6. The average molecular weight is 501 g/mol. The van der Waals surface area contributed by atoms with Crippen LogP contribution in [0.3, 0.4) is 0 Å². The largest absolute Gasteiger partial charge is 0.478 e. The number of carbonyl (C=O) groups excluding carboxylic acids is 1. The Kier molecular flexibility index (Phi) is 9.22. The van der Waals surface area contributed by atoms with E-state index in [1.54, 1.807) is 0 Å². The van der Waals surface area contributed by atoms with Crippen molar-refractivity contribution in [2.75, 3.05) is 37.7 Å². The zero-order valence-corrected chi connectivity index (χ0v) is 21.4. The molecular weight excluding hydrogens is 464 g/mol. The quantitative estimate of drug-likeness (QED) is 0.402. The molecule has 1 aromatic heterocycles. The Labute approximate surface area is 210 Å². The Morgan fingerprint density at radius 3 is 2.47 bits per heavy atom. The molecule has 0 saturated carbocycles. The van der Waals surface area contributed by atoms with Gasteiger partial charge in [-0.1, -0.05) is 13.8 Å². The molecule has 2 saturated heterocycles. The monoisotopic (exact) mass is 500 g/mol. The Hall–Kier alpha value is -3.24. The van der Waals surface area contributed by atoms with E-state index in [9.17, 15) is 14.4 Å². The van der Waals surface area contributed by atoms with Gasteiger partial charge in [0.25, 0.3) is 0 Å². The predicted molar refractivity (Wildman–Crippen MR) is 137 cm³/mol. The lowest BCUT2D eigenvalue weighted by Gasteiger charge is -2.41. The van der Waals surface area contributed by atoms with Crippen LogP contribution in [0.15, 0.2) is 18.2 Å². The normalized spacial score (nSPS) is 22.9. The fourth-order valence-corrected chi connectivity index (χ4v) is 4.85. The number of hydrogen-bond donors (Lipinski definition) is 3.